The Morgan fingerprint density at radius 2 is 1.89 bits per heavy atom. The second-order valence-electron chi connectivity index (χ2n) is 2.52. The molecule has 0 rings (SSSR count). The molecular formula is C7H12O2. The molecule has 52 valence electrons. The summed E-state index contributed by atoms with van der Waals surface area (Å²) in [4.78, 5) is 20.8. The Hall–Kier alpha value is -0.660. The molecule has 0 unspecified atom stereocenters. The van der Waals surface area contributed by atoms with Gasteiger partial charge in [-0.25, -0.2) is 0 Å². The number of rotatable bonds is 3. The minimum absolute atomic E-state index is 0.0417. The van der Waals surface area contributed by atoms with Crippen molar-refractivity contribution in [1.29, 1.82) is 0 Å². The van der Waals surface area contributed by atoms with E-state index in [1.165, 1.54) is 6.92 Å². The molecule has 2 nitrogen and oxygen atoms in total. The number of hydrogen-bond donors (Lipinski definition) is 0. The van der Waals surface area contributed by atoms with Gasteiger partial charge in [0, 0.05) is 0 Å². The van der Waals surface area contributed by atoms with Crippen LogP contribution in [0.5, 0.6) is 0 Å². The highest BCUT2D eigenvalue weighted by Gasteiger charge is 2.16. The molecule has 9 heavy (non-hydrogen) atoms. The summed E-state index contributed by atoms with van der Waals surface area (Å²) in [5.41, 5.74) is 0. The van der Waals surface area contributed by atoms with Crippen LogP contribution in [0.3, 0.4) is 0 Å². The average Bonchev–Trinajstić information content (AvgIpc) is 1.64. The number of carbonyl (C=O) groups is 2. The van der Waals surface area contributed by atoms with Crippen LogP contribution in [0.15, 0.2) is 0 Å². The summed E-state index contributed by atoms with van der Waals surface area (Å²) in [6.07, 6.45) is 0.715. The third-order valence-corrected chi connectivity index (χ3v) is 1.33. The topological polar surface area (TPSA) is 34.1 Å². The lowest BCUT2D eigenvalue weighted by Gasteiger charge is -2.08. The first kappa shape index (κ1) is 8.34. The molecule has 0 N–H and O–H groups in total. The number of carbonyl (C=O) groups excluding carboxylic acids is 2. The molecule has 0 spiro atoms. The fraction of sp³-hybridized carbons (Fsp3) is 0.714. The first-order chi connectivity index (χ1) is 4.09. The molecule has 0 heterocycles. The van der Waals surface area contributed by atoms with E-state index < -0.39 is 5.92 Å². The molecule has 0 fully saturated rings. The monoisotopic (exact) mass is 128 g/mol. The van der Waals surface area contributed by atoms with Crippen LogP contribution in [0, 0.1) is 11.8 Å². The molecule has 0 aliphatic heterocycles. The molecular weight excluding hydrogens is 116 g/mol. The lowest BCUT2D eigenvalue weighted by Crippen LogP contribution is -2.18. The SMILES string of the molecule is CC(=O)[C@@H](C=O)C(C)C. The van der Waals surface area contributed by atoms with E-state index in [-0.39, 0.29) is 11.7 Å². The van der Waals surface area contributed by atoms with Gasteiger partial charge in [-0.05, 0) is 12.8 Å². The van der Waals surface area contributed by atoms with Crippen LogP contribution in [0.4, 0.5) is 0 Å². The maximum Gasteiger partial charge on any atom is 0.140 e. The number of aldehydes is 1. The molecule has 0 saturated carbocycles. The molecule has 0 amide bonds. The van der Waals surface area contributed by atoms with Crippen LogP contribution in [0.1, 0.15) is 20.8 Å². The van der Waals surface area contributed by atoms with Crippen molar-refractivity contribution in [2.24, 2.45) is 11.8 Å². The second-order valence-corrected chi connectivity index (χ2v) is 2.52. The summed E-state index contributed by atoms with van der Waals surface area (Å²) < 4.78 is 0. The van der Waals surface area contributed by atoms with Gasteiger partial charge in [0.25, 0.3) is 0 Å². The molecule has 0 radical (unpaired) electrons. The van der Waals surface area contributed by atoms with E-state index in [2.05, 4.69) is 0 Å². The number of Topliss-reactive ketones (excluding diaryl/α,β-unsaturated/α-hetero) is 1. The largest absolute Gasteiger partial charge is 0.303 e. The highest BCUT2D eigenvalue weighted by atomic mass is 16.1. The third-order valence-electron chi connectivity index (χ3n) is 1.33. The fourth-order valence-corrected chi connectivity index (χ4v) is 0.722. The lowest BCUT2D eigenvalue weighted by atomic mass is 9.94. The van der Waals surface area contributed by atoms with Crippen LogP contribution in [-0.4, -0.2) is 12.1 Å². The van der Waals surface area contributed by atoms with Gasteiger partial charge in [-0.1, -0.05) is 13.8 Å². The summed E-state index contributed by atoms with van der Waals surface area (Å²) in [7, 11) is 0. The van der Waals surface area contributed by atoms with Crippen molar-refractivity contribution in [2.45, 2.75) is 20.8 Å². The molecule has 0 aromatic rings. The van der Waals surface area contributed by atoms with Gasteiger partial charge in [0.15, 0.2) is 0 Å². The fourth-order valence-electron chi connectivity index (χ4n) is 0.722. The van der Waals surface area contributed by atoms with Crippen molar-refractivity contribution < 1.29 is 9.59 Å². The molecule has 0 bridgehead atoms. The molecule has 0 saturated heterocycles. The normalized spacial score (nSPS) is 13.3. The molecule has 0 aliphatic rings. The Balaban J connectivity index is 3.98. The summed E-state index contributed by atoms with van der Waals surface area (Å²) in [5, 5.41) is 0. The van der Waals surface area contributed by atoms with Crippen LogP contribution in [0.25, 0.3) is 0 Å². The van der Waals surface area contributed by atoms with Gasteiger partial charge in [0.05, 0.1) is 5.92 Å². The molecule has 0 aromatic heterocycles. The Labute approximate surface area is 55.3 Å². The van der Waals surface area contributed by atoms with Crippen molar-refractivity contribution in [3.63, 3.8) is 0 Å². The highest BCUT2D eigenvalue weighted by Crippen LogP contribution is 2.07. The Morgan fingerprint density at radius 1 is 1.44 bits per heavy atom. The van der Waals surface area contributed by atoms with Gasteiger partial charge in [-0.15, -0.1) is 0 Å². The summed E-state index contributed by atoms with van der Waals surface area (Å²) >= 11 is 0. The van der Waals surface area contributed by atoms with Gasteiger partial charge < -0.3 is 4.79 Å². The summed E-state index contributed by atoms with van der Waals surface area (Å²) in [6.45, 7) is 5.17. The van der Waals surface area contributed by atoms with Crippen LogP contribution in [-0.2, 0) is 9.59 Å². The van der Waals surface area contributed by atoms with Gasteiger partial charge >= 0.3 is 0 Å². The van der Waals surface area contributed by atoms with E-state index in [0.717, 1.165) is 0 Å². The Bertz CT molecular complexity index is 116. The molecule has 0 aromatic carbocycles. The standard InChI is InChI=1S/C7H12O2/c1-5(2)7(4-8)6(3)9/h4-5,7H,1-3H3/t7-/m0/s1. The van der Waals surface area contributed by atoms with Gasteiger partial charge in [0.1, 0.15) is 12.1 Å². The van der Waals surface area contributed by atoms with E-state index in [9.17, 15) is 9.59 Å². The van der Waals surface area contributed by atoms with E-state index in [4.69, 9.17) is 0 Å². The lowest BCUT2D eigenvalue weighted by molar-refractivity contribution is -0.127. The predicted octanol–water partition coefficient (Wildman–Crippen LogP) is 1.05. The second kappa shape index (κ2) is 3.38. The van der Waals surface area contributed by atoms with Gasteiger partial charge in [-0.2, -0.15) is 0 Å². The Morgan fingerprint density at radius 3 is 1.89 bits per heavy atom. The minimum atomic E-state index is -0.398. The van der Waals surface area contributed by atoms with Crippen molar-refractivity contribution in [2.75, 3.05) is 0 Å². The molecule has 2 heteroatoms. The zero-order valence-corrected chi connectivity index (χ0v) is 6.05. The van der Waals surface area contributed by atoms with Gasteiger partial charge in [0.2, 0.25) is 0 Å². The molecule has 1 atom stereocenters. The van der Waals surface area contributed by atoms with Crippen LogP contribution < -0.4 is 0 Å². The first-order valence-electron chi connectivity index (χ1n) is 3.05. The zero-order chi connectivity index (χ0) is 7.44. The van der Waals surface area contributed by atoms with Gasteiger partial charge in [-0.3, -0.25) is 4.79 Å². The predicted molar refractivity (Wildman–Crippen MR) is 35.1 cm³/mol. The quantitative estimate of drug-likeness (QED) is 0.420. The highest BCUT2D eigenvalue weighted by molar-refractivity contribution is 5.91. The van der Waals surface area contributed by atoms with E-state index in [0.29, 0.717) is 6.29 Å². The average molecular weight is 128 g/mol. The van der Waals surface area contributed by atoms with Crippen molar-refractivity contribution in [3.05, 3.63) is 0 Å². The van der Waals surface area contributed by atoms with E-state index in [1.54, 1.807) is 0 Å². The maximum atomic E-state index is 10.6. The zero-order valence-electron chi connectivity index (χ0n) is 6.05. The number of hydrogen-bond acceptors (Lipinski definition) is 2. The number of ketones is 1. The summed E-state index contributed by atoms with van der Waals surface area (Å²) in [5.74, 6) is -0.301. The van der Waals surface area contributed by atoms with Crippen LogP contribution >= 0.6 is 0 Å². The summed E-state index contributed by atoms with van der Waals surface area (Å²) in [6, 6.07) is 0. The van der Waals surface area contributed by atoms with E-state index in [1.807, 2.05) is 13.8 Å². The van der Waals surface area contributed by atoms with Crippen LogP contribution in [0.2, 0.25) is 0 Å². The molecule has 0 aliphatic carbocycles. The maximum absolute atomic E-state index is 10.6. The van der Waals surface area contributed by atoms with Crippen molar-refractivity contribution in [1.82, 2.24) is 0 Å². The first-order valence-corrected chi connectivity index (χ1v) is 3.05. The van der Waals surface area contributed by atoms with Crippen molar-refractivity contribution >= 4 is 12.1 Å². The van der Waals surface area contributed by atoms with Crippen molar-refractivity contribution in [3.8, 4) is 0 Å². The third kappa shape index (κ3) is 2.40. The minimum Gasteiger partial charge on any atom is -0.303 e. The van der Waals surface area contributed by atoms with E-state index >= 15 is 0 Å². The smallest absolute Gasteiger partial charge is 0.140 e. The Kier molecular flexibility index (Phi) is 3.13.